The van der Waals surface area contributed by atoms with Crippen molar-refractivity contribution in [3.63, 3.8) is 0 Å². The van der Waals surface area contributed by atoms with E-state index in [0.29, 0.717) is 21.7 Å². The number of carbonyl (C=O) groups is 2. The van der Waals surface area contributed by atoms with E-state index in [0.717, 1.165) is 11.8 Å². The third-order valence-corrected chi connectivity index (χ3v) is 5.27. The monoisotopic (exact) mass is 381 g/mol. The Morgan fingerprint density at radius 3 is 2.30 bits per heavy atom. The molecule has 0 saturated carbocycles. The van der Waals surface area contributed by atoms with Gasteiger partial charge in [-0.05, 0) is 31.2 Å². The maximum atomic E-state index is 13.1. The van der Waals surface area contributed by atoms with Crippen LogP contribution in [0.25, 0.3) is 16.6 Å². The summed E-state index contributed by atoms with van der Waals surface area (Å²) < 4.78 is 1.45. The molecule has 0 N–H and O–H groups in total. The molecule has 1 atom stereocenters. The summed E-state index contributed by atoms with van der Waals surface area (Å²) in [7, 11) is 3.19. The number of rotatable bonds is 5. The van der Waals surface area contributed by atoms with Gasteiger partial charge in [-0.25, -0.2) is 4.98 Å². The molecule has 2 aromatic carbocycles. The fourth-order valence-electron chi connectivity index (χ4n) is 2.64. The zero-order chi connectivity index (χ0) is 19.6. The standard InChI is InChI=1S/C20H19N3O3S/c1-13(24)17(19(26)22(2)3)27-20-21-16-12-8-7-11-15(16)18(25)23(20)14-9-5-4-6-10-14/h4-12,17H,1-3H3/t17-/m1/s1. The van der Waals surface area contributed by atoms with Crippen molar-refractivity contribution in [1.82, 2.24) is 14.5 Å². The number of Topliss-reactive ketones (excluding diaryl/α,β-unsaturated/α-hetero) is 1. The second-order valence-electron chi connectivity index (χ2n) is 6.23. The van der Waals surface area contributed by atoms with E-state index in [-0.39, 0.29) is 17.2 Å². The van der Waals surface area contributed by atoms with Crippen molar-refractivity contribution < 1.29 is 9.59 Å². The first-order valence-corrected chi connectivity index (χ1v) is 9.23. The number of nitrogens with zero attached hydrogens (tertiary/aromatic N) is 3. The van der Waals surface area contributed by atoms with Gasteiger partial charge in [-0.15, -0.1) is 0 Å². The predicted octanol–water partition coefficient (Wildman–Crippen LogP) is 2.52. The fraction of sp³-hybridized carbons (Fsp3) is 0.200. The topological polar surface area (TPSA) is 72.3 Å². The van der Waals surface area contributed by atoms with E-state index >= 15 is 0 Å². The Morgan fingerprint density at radius 1 is 1.04 bits per heavy atom. The number of fused-ring (bicyclic) bond motifs is 1. The Labute approximate surface area is 160 Å². The van der Waals surface area contributed by atoms with Crippen LogP contribution in [0.5, 0.6) is 0 Å². The molecule has 0 spiro atoms. The number of thioether (sulfide) groups is 1. The van der Waals surface area contributed by atoms with Gasteiger partial charge in [-0.3, -0.25) is 19.0 Å². The summed E-state index contributed by atoms with van der Waals surface area (Å²) in [5.74, 6) is -0.629. The van der Waals surface area contributed by atoms with Gasteiger partial charge in [0.2, 0.25) is 5.91 Å². The average Bonchev–Trinajstić information content (AvgIpc) is 2.66. The number of para-hydroxylation sites is 2. The summed E-state index contributed by atoms with van der Waals surface area (Å²) in [5.41, 5.74) is 0.911. The Hall–Kier alpha value is -2.93. The third kappa shape index (κ3) is 3.78. The van der Waals surface area contributed by atoms with E-state index in [1.807, 2.05) is 18.2 Å². The highest BCUT2D eigenvalue weighted by molar-refractivity contribution is 8.01. The van der Waals surface area contributed by atoms with Crippen molar-refractivity contribution in [2.45, 2.75) is 17.3 Å². The van der Waals surface area contributed by atoms with Crippen molar-refractivity contribution in [3.8, 4) is 5.69 Å². The van der Waals surface area contributed by atoms with Crippen molar-refractivity contribution in [1.29, 1.82) is 0 Å². The summed E-state index contributed by atoms with van der Waals surface area (Å²) >= 11 is 0.995. The van der Waals surface area contributed by atoms with E-state index in [4.69, 9.17) is 0 Å². The second kappa shape index (κ2) is 7.75. The minimum absolute atomic E-state index is 0.242. The summed E-state index contributed by atoms with van der Waals surface area (Å²) in [6, 6.07) is 16.1. The van der Waals surface area contributed by atoms with Crippen LogP contribution in [-0.4, -0.2) is 45.5 Å². The third-order valence-electron chi connectivity index (χ3n) is 4.02. The maximum Gasteiger partial charge on any atom is 0.266 e. The van der Waals surface area contributed by atoms with Crippen molar-refractivity contribution in [2.24, 2.45) is 0 Å². The van der Waals surface area contributed by atoms with Gasteiger partial charge in [-0.2, -0.15) is 0 Å². The number of aromatic nitrogens is 2. The van der Waals surface area contributed by atoms with E-state index in [9.17, 15) is 14.4 Å². The molecule has 0 radical (unpaired) electrons. The van der Waals surface area contributed by atoms with Gasteiger partial charge in [-0.1, -0.05) is 42.1 Å². The molecule has 27 heavy (non-hydrogen) atoms. The largest absolute Gasteiger partial charge is 0.347 e. The maximum absolute atomic E-state index is 13.1. The highest BCUT2D eigenvalue weighted by Crippen LogP contribution is 2.26. The Balaban J connectivity index is 2.23. The predicted molar refractivity (Wildman–Crippen MR) is 106 cm³/mol. The lowest BCUT2D eigenvalue weighted by Gasteiger charge is -2.19. The van der Waals surface area contributed by atoms with Crippen LogP contribution in [0.4, 0.5) is 0 Å². The summed E-state index contributed by atoms with van der Waals surface area (Å²) in [4.78, 5) is 43.6. The molecular formula is C20H19N3O3S. The quantitative estimate of drug-likeness (QED) is 0.386. The van der Waals surface area contributed by atoms with Crippen LogP contribution in [0.15, 0.2) is 64.5 Å². The summed E-state index contributed by atoms with van der Waals surface area (Å²) in [6.07, 6.45) is 0. The van der Waals surface area contributed by atoms with Gasteiger partial charge < -0.3 is 4.90 Å². The van der Waals surface area contributed by atoms with E-state index in [1.54, 1.807) is 50.5 Å². The zero-order valence-electron chi connectivity index (χ0n) is 15.2. The Kier molecular flexibility index (Phi) is 5.41. The molecule has 3 rings (SSSR count). The molecule has 138 valence electrons. The van der Waals surface area contributed by atoms with Gasteiger partial charge in [0.1, 0.15) is 5.25 Å². The number of amides is 1. The van der Waals surface area contributed by atoms with Gasteiger partial charge in [0.25, 0.3) is 5.56 Å². The average molecular weight is 381 g/mol. The molecule has 1 aromatic heterocycles. The zero-order valence-corrected chi connectivity index (χ0v) is 16.1. The lowest BCUT2D eigenvalue weighted by molar-refractivity contribution is -0.132. The highest BCUT2D eigenvalue weighted by Gasteiger charge is 2.28. The summed E-state index contributed by atoms with van der Waals surface area (Å²) in [5, 5.41) is -0.188. The van der Waals surface area contributed by atoms with Gasteiger partial charge >= 0.3 is 0 Å². The fourth-order valence-corrected chi connectivity index (χ4v) is 3.78. The normalized spacial score (nSPS) is 12.0. The van der Waals surface area contributed by atoms with Gasteiger partial charge in [0, 0.05) is 14.1 Å². The first kappa shape index (κ1) is 18.8. The van der Waals surface area contributed by atoms with Gasteiger partial charge in [0.15, 0.2) is 10.9 Å². The number of ketones is 1. The molecule has 6 nitrogen and oxygen atoms in total. The smallest absolute Gasteiger partial charge is 0.266 e. The molecule has 0 unspecified atom stereocenters. The minimum Gasteiger partial charge on any atom is -0.347 e. The highest BCUT2D eigenvalue weighted by atomic mass is 32.2. The molecule has 0 aliphatic heterocycles. The van der Waals surface area contributed by atoms with E-state index < -0.39 is 5.25 Å². The molecule has 0 aliphatic rings. The molecule has 7 heteroatoms. The molecule has 1 heterocycles. The van der Waals surface area contributed by atoms with Crippen LogP contribution in [0, 0.1) is 0 Å². The summed E-state index contributed by atoms with van der Waals surface area (Å²) in [6.45, 7) is 1.37. The van der Waals surface area contributed by atoms with Gasteiger partial charge in [0.05, 0.1) is 16.6 Å². The number of benzene rings is 2. The number of hydrogen-bond donors (Lipinski definition) is 0. The van der Waals surface area contributed by atoms with Crippen LogP contribution >= 0.6 is 11.8 Å². The number of hydrogen-bond acceptors (Lipinski definition) is 5. The van der Waals surface area contributed by atoms with Crippen molar-refractivity contribution >= 4 is 34.4 Å². The van der Waals surface area contributed by atoms with Crippen LogP contribution in [0.1, 0.15) is 6.92 Å². The Morgan fingerprint density at radius 2 is 1.67 bits per heavy atom. The first-order valence-electron chi connectivity index (χ1n) is 8.35. The molecule has 0 fully saturated rings. The Bertz CT molecular complexity index is 1060. The van der Waals surface area contributed by atoms with Crippen LogP contribution in [-0.2, 0) is 9.59 Å². The molecule has 0 bridgehead atoms. The van der Waals surface area contributed by atoms with Crippen molar-refractivity contribution in [3.05, 3.63) is 65.0 Å². The molecule has 0 aliphatic carbocycles. The van der Waals surface area contributed by atoms with E-state index in [2.05, 4.69) is 4.98 Å². The lowest BCUT2D eigenvalue weighted by Crippen LogP contribution is -2.36. The molecule has 0 saturated heterocycles. The lowest BCUT2D eigenvalue weighted by atomic mass is 10.2. The molecule has 1 amide bonds. The van der Waals surface area contributed by atoms with E-state index in [1.165, 1.54) is 16.4 Å². The first-order chi connectivity index (χ1) is 12.9. The molecular weight excluding hydrogens is 362 g/mol. The second-order valence-corrected chi connectivity index (χ2v) is 7.30. The van der Waals surface area contributed by atoms with Crippen LogP contribution < -0.4 is 5.56 Å². The van der Waals surface area contributed by atoms with Crippen LogP contribution in [0.2, 0.25) is 0 Å². The van der Waals surface area contributed by atoms with Crippen LogP contribution in [0.3, 0.4) is 0 Å². The molecule has 3 aromatic rings. The minimum atomic E-state index is -0.969. The van der Waals surface area contributed by atoms with Crippen molar-refractivity contribution in [2.75, 3.05) is 14.1 Å². The number of carbonyl (C=O) groups excluding carboxylic acids is 2. The SMILES string of the molecule is CC(=O)[C@@H](Sc1nc2ccccc2c(=O)n1-c1ccccc1)C(=O)N(C)C.